The van der Waals surface area contributed by atoms with E-state index in [1.165, 1.54) is 20.3 Å². The molecule has 2 aromatic heterocycles. The lowest BCUT2D eigenvalue weighted by Crippen LogP contribution is -2.47. The number of methoxy groups -OCH3 is 2. The molecule has 0 bridgehead atoms. The zero-order valence-corrected chi connectivity index (χ0v) is 37.4. The third-order valence-corrected chi connectivity index (χ3v) is 12.7. The van der Waals surface area contributed by atoms with Gasteiger partial charge in [-0.15, -0.1) is 0 Å². The van der Waals surface area contributed by atoms with Crippen molar-refractivity contribution in [2.45, 2.75) is 32.4 Å². The third-order valence-electron chi connectivity index (χ3n) is 11.7. The number of carbonyl (C=O) groups excluding carboxylic acids is 4. The van der Waals surface area contributed by atoms with Gasteiger partial charge in [0.2, 0.25) is 22.6 Å². The molecule has 0 aliphatic carbocycles. The number of benzene rings is 6. The second kappa shape index (κ2) is 16.7. The minimum Gasteiger partial charge on any atom is -0.467 e. The normalized spacial score (nSPS) is 17.1. The predicted molar refractivity (Wildman–Crippen MR) is 255 cm³/mol. The van der Waals surface area contributed by atoms with Crippen LogP contribution in [0.2, 0.25) is 0 Å². The molecule has 13 heteroatoms. The van der Waals surface area contributed by atoms with Crippen molar-refractivity contribution in [1.82, 2.24) is 9.97 Å². The number of ketones is 2. The summed E-state index contributed by atoms with van der Waals surface area (Å²) in [5, 5.41) is 7.89. The van der Waals surface area contributed by atoms with Crippen LogP contribution in [0.3, 0.4) is 0 Å². The first-order chi connectivity index (χ1) is 30.3. The third kappa shape index (κ3) is 6.81. The fourth-order valence-corrected chi connectivity index (χ4v) is 9.45. The number of aromatic amines is 2. The number of anilines is 2. The van der Waals surface area contributed by atoms with Crippen LogP contribution in [-0.2, 0) is 30.1 Å². The lowest BCUT2D eigenvalue weighted by Gasteiger charge is -2.27. The highest BCUT2D eigenvalue weighted by Gasteiger charge is 2.58. The van der Waals surface area contributed by atoms with Crippen LogP contribution in [0, 0.1) is 19.7 Å². The van der Waals surface area contributed by atoms with Gasteiger partial charge in [0.15, 0.2) is 0 Å². The molecule has 0 spiro atoms. The summed E-state index contributed by atoms with van der Waals surface area (Å²) in [6.45, 7) is 3.69. The number of carbonyl (C=O) groups is 4. The maximum absolute atomic E-state index is 14.0. The van der Waals surface area contributed by atoms with Gasteiger partial charge in [-0.2, -0.15) is 0 Å². The Bertz CT molecular complexity index is 3210. The Labute approximate surface area is 384 Å². The van der Waals surface area contributed by atoms with Gasteiger partial charge in [-0.25, -0.2) is 14.0 Å². The lowest BCUT2D eigenvalue weighted by atomic mass is 9.82. The van der Waals surface area contributed by atoms with Crippen LogP contribution < -0.4 is 10.6 Å². The highest BCUT2D eigenvalue weighted by atomic mass is 79.9. The summed E-state index contributed by atoms with van der Waals surface area (Å²) in [5.74, 6) is -2.44. The average molecular weight is 985 g/mol. The molecule has 10 rings (SSSR count). The van der Waals surface area contributed by atoms with E-state index in [1.807, 2.05) is 79.7 Å². The Morgan fingerprint density at radius 1 is 0.578 bits per heavy atom. The number of para-hydroxylation sites is 2. The molecule has 2 aliphatic rings. The molecule has 0 saturated carbocycles. The van der Waals surface area contributed by atoms with Crippen LogP contribution in [0.4, 0.5) is 15.8 Å². The second-order valence-corrected chi connectivity index (χ2v) is 17.3. The van der Waals surface area contributed by atoms with Gasteiger partial charge in [0.05, 0.1) is 25.6 Å². The summed E-state index contributed by atoms with van der Waals surface area (Å²) in [4.78, 5) is 61.1. The van der Waals surface area contributed by atoms with Gasteiger partial charge in [0.25, 0.3) is 0 Å². The van der Waals surface area contributed by atoms with Crippen molar-refractivity contribution in [2.24, 2.45) is 0 Å². The molecule has 6 aromatic carbocycles. The number of ether oxygens (including phenoxy) is 2. The van der Waals surface area contributed by atoms with Gasteiger partial charge in [-0.05, 0) is 97.3 Å². The minimum absolute atomic E-state index is 0. The molecule has 10 nitrogen and oxygen atoms in total. The number of hydrogen-bond donors (Lipinski definition) is 4. The van der Waals surface area contributed by atoms with Gasteiger partial charge in [-0.3, -0.25) is 9.59 Å². The van der Waals surface area contributed by atoms with Crippen LogP contribution in [0.1, 0.15) is 50.4 Å². The summed E-state index contributed by atoms with van der Waals surface area (Å²) in [7, 11) is 2.56. The lowest BCUT2D eigenvalue weighted by molar-refractivity contribution is -0.145. The summed E-state index contributed by atoms with van der Waals surface area (Å²) >= 11 is 6.87. The maximum atomic E-state index is 14.0. The van der Waals surface area contributed by atoms with E-state index in [4.69, 9.17) is 9.47 Å². The van der Waals surface area contributed by atoms with E-state index in [0.717, 1.165) is 36.5 Å². The number of nitrogens with one attached hydrogen (secondary N) is 4. The van der Waals surface area contributed by atoms with Crippen molar-refractivity contribution in [3.63, 3.8) is 0 Å². The number of rotatable bonds is 6. The van der Waals surface area contributed by atoms with E-state index >= 15 is 0 Å². The van der Waals surface area contributed by atoms with Gasteiger partial charge in [-0.1, -0.05) is 106 Å². The zero-order valence-electron chi connectivity index (χ0n) is 34.2. The fourth-order valence-electron chi connectivity index (χ4n) is 8.72. The van der Waals surface area contributed by atoms with E-state index in [9.17, 15) is 23.6 Å². The van der Waals surface area contributed by atoms with Crippen molar-refractivity contribution >= 4 is 88.5 Å². The van der Waals surface area contributed by atoms with Crippen molar-refractivity contribution in [1.29, 1.82) is 0 Å². The topological polar surface area (TPSA) is 142 Å². The number of fused-ring (bicyclic) bond motifs is 4. The highest BCUT2D eigenvalue weighted by Crippen LogP contribution is 2.49. The molecule has 0 amide bonds. The van der Waals surface area contributed by atoms with E-state index in [1.54, 1.807) is 55.5 Å². The minimum atomic E-state index is -1.80. The first-order valence-corrected chi connectivity index (χ1v) is 21.4. The molecule has 8 aromatic rings. The van der Waals surface area contributed by atoms with Crippen molar-refractivity contribution in [2.75, 3.05) is 24.9 Å². The molecule has 0 saturated heterocycles. The Morgan fingerprint density at radius 3 is 1.47 bits per heavy atom. The Morgan fingerprint density at radius 2 is 1.02 bits per heavy atom. The van der Waals surface area contributed by atoms with Gasteiger partial charge < -0.3 is 30.1 Å². The molecule has 0 radical (unpaired) electrons. The highest BCUT2D eigenvalue weighted by molar-refractivity contribution is 9.10. The largest absolute Gasteiger partial charge is 0.467 e. The molecule has 0 fully saturated rings. The predicted octanol–water partition coefficient (Wildman–Crippen LogP) is 11.9. The molecule has 4 N–H and O–H groups in total. The summed E-state index contributed by atoms with van der Waals surface area (Å²) in [6, 6.07) is 38.3. The van der Waals surface area contributed by atoms with Crippen LogP contribution in [-0.4, -0.2) is 47.7 Å². The molecule has 64 heavy (non-hydrogen) atoms. The van der Waals surface area contributed by atoms with E-state index in [2.05, 4.69) is 52.5 Å². The van der Waals surface area contributed by atoms with E-state index in [0.29, 0.717) is 61.5 Å². The summed E-state index contributed by atoms with van der Waals surface area (Å²) < 4.78 is 26.0. The summed E-state index contributed by atoms with van der Waals surface area (Å²) in [6.07, 6.45) is 0. The molecule has 2 aliphatic heterocycles. The standard InChI is InChI=1S/C25H18BrFN2O3.C25H19BrN2O3.CH4/c1-13-11-14(7-10-18(13)27)22-21(16-5-3-4-6-19(16)28-22)25(24(31)32-2)23(30)17-9-8-15(26)12-20(17)29-25;1-14-7-9-15(10-8-14)22-21(17-5-3-4-6-19(17)27-22)25(24(30)31-2)23(29)18-12-11-16(26)13-20(18)28-25;/h3-12,28-29H,1-2H3;3-13,27-28H,1-2H3;1H4. The van der Waals surface area contributed by atoms with Gasteiger partial charge in [0, 0.05) is 64.4 Å². The summed E-state index contributed by atoms with van der Waals surface area (Å²) in [5.41, 5.74) is 5.44. The van der Waals surface area contributed by atoms with Gasteiger partial charge >= 0.3 is 11.9 Å². The van der Waals surface area contributed by atoms with E-state index < -0.39 is 28.8 Å². The van der Waals surface area contributed by atoms with E-state index in [-0.39, 0.29) is 19.0 Å². The second-order valence-electron chi connectivity index (χ2n) is 15.4. The number of H-pyrrole nitrogens is 2. The van der Waals surface area contributed by atoms with Crippen LogP contribution in [0.5, 0.6) is 0 Å². The fraction of sp³-hybridized carbons (Fsp3) is 0.137. The SMILES string of the molecule is C.COC(=O)C1(c2c(-c3ccc(C)cc3)[nH]c3ccccc23)Nc2cc(Br)ccc2C1=O.COC(=O)C1(c2c(-c3ccc(F)c(C)c3)[nH]c3ccccc23)Nc2cc(Br)ccc2C1=O. The van der Waals surface area contributed by atoms with Crippen LogP contribution >= 0.6 is 31.9 Å². The molecule has 2 unspecified atom stereocenters. The van der Waals surface area contributed by atoms with Gasteiger partial charge in [0.1, 0.15) is 5.82 Å². The zero-order chi connectivity index (χ0) is 44.4. The monoisotopic (exact) mass is 982 g/mol. The smallest absolute Gasteiger partial charge is 0.344 e. The number of esters is 2. The Hall–Kier alpha value is -6.83. The first kappa shape index (κ1) is 43.8. The molecular weight excluding hydrogens is 943 g/mol. The Balaban J connectivity index is 0.000000172. The number of hydrogen-bond acceptors (Lipinski definition) is 8. The molecular formula is C51H41Br2FN4O6. The molecule has 4 heterocycles. The average Bonchev–Trinajstić information content (AvgIpc) is 4.02. The first-order valence-electron chi connectivity index (χ1n) is 19.8. The molecule has 2 atom stereocenters. The maximum Gasteiger partial charge on any atom is 0.344 e. The number of Topliss-reactive ketones (excluding diaryl/α,β-unsaturated/α-hetero) is 2. The number of halogens is 3. The van der Waals surface area contributed by atoms with Crippen molar-refractivity contribution < 1.29 is 33.0 Å². The Kier molecular flexibility index (Phi) is 11.4. The van der Waals surface area contributed by atoms with Crippen molar-refractivity contribution in [3.05, 3.63) is 176 Å². The number of aryl methyl sites for hydroxylation is 2. The van der Waals surface area contributed by atoms with Crippen LogP contribution in [0.25, 0.3) is 44.3 Å². The molecule has 322 valence electrons. The van der Waals surface area contributed by atoms with Crippen LogP contribution in [0.15, 0.2) is 136 Å². The quantitative estimate of drug-likeness (QED) is 0.0953. The van der Waals surface area contributed by atoms with Crippen molar-refractivity contribution in [3.8, 4) is 22.5 Å². The number of aromatic nitrogens is 2.